The largest absolute Gasteiger partial charge is 0.491 e. The molecule has 0 aliphatic carbocycles. The number of nitrogens with two attached hydrogens (primary N) is 1. The van der Waals surface area contributed by atoms with Gasteiger partial charge in [0.25, 0.3) is 0 Å². The summed E-state index contributed by atoms with van der Waals surface area (Å²) in [5.74, 6) is 0.542. The van der Waals surface area contributed by atoms with E-state index < -0.39 is 6.04 Å². The van der Waals surface area contributed by atoms with E-state index in [4.69, 9.17) is 15.2 Å². The number of rotatable bonds is 3. The normalized spacial score (nSPS) is 15.6. The van der Waals surface area contributed by atoms with Crippen LogP contribution in [0.5, 0.6) is 5.75 Å². The maximum Gasteiger partial charge on any atom is 0.242 e. The zero-order valence-corrected chi connectivity index (χ0v) is 18.5. The fraction of sp³-hybridized carbons (Fsp3) is 0.308. The van der Waals surface area contributed by atoms with Gasteiger partial charge >= 0.3 is 0 Å². The number of amides is 1. The summed E-state index contributed by atoms with van der Waals surface area (Å²) < 4.78 is 11.8. The molecule has 0 radical (unpaired) electrons. The van der Waals surface area contributed by atoms with Crippen LogP contribution in [-0.4, -0.2) is 59.9 Å². The molecule has 33 heavy (non-hydrogen) atoms. The van der Waals surface area contributed by atoms with Crippen LogP contribution in [0.1, 0.15) is 16.7 Å². The summed E-state index contributed by atoms with van der Waals surface area (Å²) in [5, 5.41) is 9.33. The summed E-state index contributed by atoms with van der Waals surface area (Å²) in [6.45, 7) is 1.58. The van der Waals surface area contributed by atoms with E-state index in [1.165, 1.54) is 0 Å². The third kappa shape index (κ3) is 5.96. The van der Waals surface area contributed by atoms with Crippen molar-refractivity contribution in [3.8, 4) is 16.9 Å². The number of carbonyl (C=O) groups excluding carboxylic acids is 1. The summed E-state index contributed by atoms with van der Waals surface area (Å²) in [6.07, 6.45) is 4.30. The van der Waals surface area contributed by atoms with Gasteiger partial charge in [0.15, 0.2) is 0 Å². The molecular formula is C26H29N3O4. The second kappa shape index (κ2) is 11.0. The number of aromatic nitrogens is 1. The van der Waals surface area contributed by atoms with Crippen molar-refractivity contribution in [3.05, 3.63) is 83.7 Å². The molecule has 0 spiro atoms. The molecule has 2 aromatic carbocycles. The molecule has 1 aliphatic rings. The average molecular weight is 448 g/mol. The number of fused-ring (bicyclic) bond motifs is 3. The number of benzene rings is 2. The van der Waals surface area contributed by atoms with E-state index in [1.807, 2.05) is 42.6 Å². The van der Waals surface area contributed by atoms with Crippen LogP contribution in [-0.2, 0) is 22.5 Å². The highest BCUT2D eigenvalue weighted by Crippen LogP contribution is 2.29. The number of aliphatic hydroxyl groups excluding tert-OH is 1. The van der Waals surface area contributed by atoms with Crippen LogP contribution in [0.4, 0.5) is 0 Å². The Morgan fingerprint density at radius 2 is 1.94 bits per heavy atom. The number of hydrogen-bond acceptors (Lipinski definition) is 6. The molecule has 2 heterocycles. The standard InChI is InChI=1S/C26H29N3O4/c27-24(18-30)26(31)29-9-10-32-11-12-33-25-7-6-21(22-5-2-8-28-16-22)15-23(25)14-19-3-1-4-20(13-19)17-29/h1-8,13,15-16,24,30H,9-12,14,17-18,27H2/t24-/m1/s1. The predicted molar refractivity (Wildman–Crippen MR) is 126 cm³/mol. The zero-order valence-electron chi connectivity index (χ0n) is 18.5. The average Bonchev–Trinajstić information content (AvgIpc) is 2.85. The van der Waals surface area contributed by atoms with Gasteiger partial charge in [-0.1, -0.05) is 36.4 Å². The SMILES string of the molecule is N[C@H](CO)C(=O)N1CCOCCOc2ccc(-c3cccnc3)cc2Cc2cccc(c2)C1. The lowest BCUT2D eigenvalue weighted by molar-refractivity contribution is -0.134. The molecule has 2 bridgehead atoms. The molecule has 3 N–H and O–H groups in total. The Hall–Kier alpha value is -3.26. The molecule has 1 atom stereocenters. The summed E-state index contributed by atoms with van der Waals surface area (Å²) in [6, 6.07) is 17.4. The van der Waals surface area contributed by atoms with E-state index in [9.17, 15) is 9.90 Å². The van der Waals surface area contributed by atoms with E-state index in [-0.39, 0.29) is 12.5 Å². The van der Waals surface area contributed by atoms with Crippen molar-refractivity contribution in [1.82, 2.24) is 9.88 Å². The quantitative estimate of drug-likeness (QED) is 0.640. The third-order valence-corrected chi connectivity index (χ3v) is 5.63. The van der Waals surface area contributed by atoms with Crippen molar-refractivity contribution < 1.29 is 19.4 Å². The van der Waals surface area contributed by atoms with Crippen molar-refractivity contribution in [2.24, 2.45) is 5.73 Å². The molecule has 7 nitrogen and oxygen atoms in total. The molecule has 3 aromatic rings. The minimum atomic E-state index is -0.937. The van der Waals surface area contributed by atoms with Gasteiger partial charge in [-0.3, -0.25) is 9.78 Å². The number of aliphatic hydroxyl groups is 1. The fourth-order valence-electron chi connectivity index (χ4n) is 3.92. The molecule has 0 saturated carbocycles. The number of ether oxygens (including phenoxy) is 2. The van der Waals surface area contributed by atoms with Gasteiger partial charge in [0.1, 0.15) is 18.4 Å². The fourth-order valence-corrected chi connectivity index (χ4v) is 3.92. The van der Waals surface area contributed by atoms with Crippen LogP contribution in [0.15, 0.2) is 67.0 Å². The summed E-state index contributed by atoms with van der Waals surface area (Å²) in [7, 11) is 0. The van der Waals surface area contributed by atoms with Crippen molar-refractivity contribution in [2.45, 2.75) is 19.0 Å². The third-order valence-electron chi connectivity index (χ3n) is 5.63. The van der Waals surface area contributed by atoms with E-state index in [1.54, 1.807) is 11.1 Å². The number of nitrogens with zero attached hydrogens (tertiary/aromatic N) is 2. The molecule has 0 fully saturated rings. The predicted octanol–water partition coefficient (Wildman–Crippen LogP) is 2.40. The minimum absolute atomic E-state index is 0.290. The number of carbonyl (C=O) groups is 1. The van der Waals surface area contributed by atoms with Crippen molar-refractivity contribution in [1.29, 1.82) is 0 Å². The Kier molecular flexibility index (Phi) is 7.67. The monoisotopic (exact) mass is 447 g/mol. The topological polar surface area (TPSA) is 97.9 Å². The molecule has 1 aromatic heterocycles. The van der Waals surface area contributed by atoms with E-state index >= 15 is 0 Å². The summed E-state index contributed by atoms with van der Waals surface area (Å²) in [4.78, 5) is 18.5. The van der Waals surface area contributed by atoms with Gasteiger partial charge in [-0.25, -0.2) is 0 Å². The van der Waals surface area contributed by atoms with Crippen LogP contribution >= 0.6 is 0 Å². The van der Waals surface area contributed by atoms with E-state index in [0.29, 0.717) is 39.3 Å². The van der Waals surface area contributed by atoms with Crippen molar-refractivity contribution >= 4 is 5.91 Å². The first-order valence-corrected chi connectivity index (χ1v) is 11.1. The van der Waals surface area contributed by atoms with Crippen LogP contribution in [0.2, 0.25) is 0 Å². The molecule has 1 amide bonds. The Morgan fingerprint density at radius 1 is 1.06 bits per heavy atom. The highest BCUT2D eigenvalue weighted by Gasteiger charge is 2.21. The van der Waals surface area contributed by atoms with E-state index in [0.717, 1.165) is 33.6 Å². The lowest BCUT2D eigenvalue weighted by Crippen LogP contribution is -2.46. The maximum absolute atomic E-state index is 12.7. The molecule has 0 saturated heterocycles. The first-order chi connectivity index (χ1) is 16.1. The smallest absolute Gasteiger partial charge is 0.242 e. The number of pyridine rings is 1. The van der Waals surface area contributed by atoms with Gasteiger partial charge in [0.05, 0.1) is 19.8 Å². The van der Waals surface area contributed by atoms with Gasteiger partial charge < -0.3 is 25.2 Å². The minimum Gasteiger partial charge on any atom is -0.491 e. The van der Waals surface area contributed by atoms with Gasteiger partial charge in [0, 0.05) is 37.5 Å². The van der Waals surface area contributed by atoms with Gasteiger partial charge in [-0.2, -0.15) is 0 Å². The Labute approximate surface area is 193 Å². The summed E-state index contributed by atoms with van der Waals surface area (Å²) >= 11 is 0. The summed E-state index contributed by atoms with van der Waals surface area (Å²) in [5.41, 5.74) is 11.1. The van der Waals surface area contributed by atoms with Gasteiger partial charge in [0.2, 0.25) is 5.91 Å². The van der Waals surface area contributed by atoms with Gasteiger partial charge in [-0.05, 0) is 40.5 Å². The highest BCUT2D eigenvalue weighted by atomic mass is 16.5. The number of hydrogen-bond donors (Lipinski definition) is 2. The highest BCUT2D eigenvalue weighted by molar-refractivity contribution is 5.81. The maximum atomic E-state index is 12.7. The molecule has 0 unspecified atom stereocenters. The molecule has 172 valence electrons. The molecular weight excluding hydrogens is 418 g/mol. The lowest BCUT2D eigenvalue weighted by Gasteiger charge is -2.26. The lowest BCUT2D eigenvalue weighted by atomic mass is 9.98. The first kappa shape index (κ1) is 22.9. The van der Waals surface area contributed by atoms with Crippen LogP contribution in [0, 0.1) is 0 Å². The molecule has 7 heteroatoms. The zero-order chi connectivity index (χ0) is 23.0. The Bertz CT molecular complexity index is 1070. The van der Waals surface area contributed by atoms with Crippen LogP contribution in [0.3, 0.4) is 0 Å². The second-order valence-electron chi connectivity index (χ2n) is 8.07. The Morgan fingerprint density at radius 3 is 2.76 bits per heavy atom. The van der Waals surface area contributed by atoms with Crippen LogP contribution < -0.4 is 10.5 Å². The van der Waals surface area contributed by atoms with Crippen LogP contribution in [0.25, 0.3) is 11.1 Å². The molecule has 1 aliphatic heterocycles. The second-order valence-corrected chi connectivity index (χ2v) is 8.07. The van der Waals surface area contributed by atoms with E-state index in [2.05, 4.69) is 23.2 Å². The molecule has 4 rings (SSSR count). The van der Waals surface area contributed by atoms with Gasteiger partial charge in [-0.15, -0.1) is 0 Å². The van der Waals surface area contributed by atoms with Crippen molar-refractivity contribution in [3.63, 3.8) is 0 Å². The Balaban J connectivity index is 1.65. The first-order valence-electron chi connectivity index (χ1n) is 11.1. The van der Waals surface area contributed by atoms with Crippen molar-refractivity contribution in [2.75, 3.05) is 33.0 Å².